The van der Waals surface area contributed by atoms with E-state index >= 15 is 0 Å². The molecule has 4 heteroatoms. The Morgan fingerprint density at radius 3 is 2.35 bits per heavy atom. The van der Waals surface area contributed by atoms with E-state index in [1.807, 2.05) is 36.4 Å². The molecule has 0 radical (unpaired) electrons. The highest BCUT2D eigenvalue weighted by Crippen LogP contribution is 2.32. The molecule has 0 atom stereocenters. The Hall–Kier alpha value is -2.46. The van der Waals surface area contributed by atoms with Gasteiger partial charge in [-0.05, 0) is 18.6 Å². The summed E-state index contributed by atoms with van der Waals surface area (Å²) < 4.78 is 0. The molecule has 0 spiro atoms. The zero-order chi connectivity index (χ0) is 16.1. The van der Waals surface area contributed by atoms with Crippen LogP contribution in [0.5, 0.6) is 0 Å². The van der Waals surface area contributed by atoms with Gasteiger partial charge in [0.1, 0.15) is 0 Å². The van der Waals surface area contributed by atoms with Gasteiger partial charge in [0.05, 0.1) is 5.69 Å². The van der Waals surface area contributed by atoms with E-state index in [1.165, 1.54) is 4.88 Å². The van der Waals surface area contributed by atoms with Crippen LogP contribution in [0.2, 0.25) is 0 Å². The molecule has 3 nitrogen and oxygen atoms in total. The molecule has 23 heavy (non-hydrogen) atoms. The molecule has 3 rings (SSSR count). The summed E-state index contributed by atoms with van der Waals surface area (Å²) >= 11 is 1.56. The minimum absolute atomic E-state index is 0.123. The third-order valence-corrected chi connectivity index (χ3v) is 4.51. The first-order valence-corrected chi connectivity index (χ1v) is 8.51. The van der Waals surface area contributed by atoms with E-state index in [1.54, 1.807) is 23.5 Å². The molecule has 0 saturated heterocycles. The molecule has 0 aliphatic carbocycles. The Morgan fingerprint density at radius 1 is 1.04 bits per heavy atom. The summed E-state index contributed by atoms with van der Waals surface area (Å²) in [5, 5.41) is 3.57. The lowest BCUT2D eigenvalue weighted by molar-refractivity contribution is 0.102. The van der Waals surface area contributed by atoms with Crippen molar-refractivity contribution >= 4 is 22.4 Å². The zero-order valence-electron chi connectivity index (χ0n) is 13.0. The number of benzene rings is 2. The maximum atomic E-state index is 12.3. The smallest absolute Gasteiger partial charge is 0.257 e. The quantitative estimate of drug-likeness (QED) is 0.717. The van der Waals surface area contributed by atoms with E-state index in [4.69, 9.17) is 0 Å². The largest absolute Gasteiger partial charge is 0.298 e. The standard InChI is InChI=1S/C19H18N2OS/c1-2-9-16-17(14-10-5-3-6-11-14)20-19(23-16)21-18(22)15-12-7-4-8-13-15/h3-8,10-13H,2,9H2,1H3,(H,20,21,22). The molecular weight excluding hydrogens is 304 g/mol. The second-order valence-electron chi connectivity index (χ2n) is 5.23. The first kappa shape index (κ1) is 15.4. The summed E-state index contributed by atoms with van der Waals surface area (Å²) in [7, 11) is 0. The van der Waals surface area contributed by atoms with Crippen LogP contribution < -0.4 is 5.32 Å². The minimum Gasteiger partial charge on any atom is -0.298 e. The number of nitrogens with one attached hydrogen (secondary N) is 1. The van der Waals surface area contributed by atoms with E-state index in [2.05, 4.69) is 29.4 Å². The first-order chi connectivity index (χ1) is 11.3. The van der Waals surface area contributed by atoms with Crippen molar-refractivity contribution in [1.29, 1.82) is 0 Å². The van der Waals surface area contributed by atoms with Crippen LogP contribution in [0.3, 0.4) is 0 Å². The Labute approximate surface area is 140 Å². The number of hydrogen-bond acceptors (Lipinski definition) is 3. The zero-order valence-corrected chi connectivity index (χ0v) is 13.8. The van der Waals surface area contributed by atoms with Crippen molar-refractivity contribution in [3.63, 3.8) is 0 Å². The summed E-state index contributed by atoms with van der Waals surface area (Å²) in [4.78, 5) is 18.1. The molecule has 1 N–H and O–H groups in total. The highest BCUT2D eigenvalue weighted by Gasteiger charge is 2.14. The number of aromatic nitrogens is 1. The number of nitrogens with zero attached hydrogens (tertiary/aromatic N) is 1. The Balaban J connectivity index is 1.88. The second kappa shape index (κ2) is 7.20. The van der Waals surface area contributed by atoms with Crippen LogP contribution in [0.1, 0.15) is 28.6 Å². The van der Waals surface area contributed by atoms with Crippen molar-refractivity contribution in [3.05, 3.63) is 71.1 Å². The van der Waals surface area contributed by atoms with E-state index in [9.17, 15) is 4.79 Å². The van der Waals surface area contributed by atoms with Crippen molar-refractivity contribution in [3.8, 4) is 11.3 Å². The highest BCUT2D eigenvalue weighted by atomic mass is 32.1. The number of anilines is 1. The molecule has 1 aromatic heterocycles. The minimum atomic E-state index is -0.123. The Kier molecular flexibility index (Phi) is 4.83. The fraction of sp³-hybridized carbons (Fsp3) is 0.158. The van der Waals surface area contributed by atoms with Gasteiger partial charge in [-0.2, -0.15) is 0 Å². The maximum Gasteiger partial charge on any atom is 0.257 e. The number of thiazole rings is 1. The summed E-state index contributed by atoms with van der Waals surface area (Å²) in [6.45, 7) is 2.15. The molecule has 0 bridgehead atoms. The van der Waals surface area contributed by atoms with Crippen molar-refractivity contribution < 1.29 is 4.79 Å². The van der Waals surface area contributed by atoms with E-state index in [-0.39, 0.29) is 5.91 Å². The number of aryl methyl sites for hydroxylation is 1. The van der Waals surface area contributed by atoms with E-state index < -0.39 is 0 Å². The molecule has 0 saturated carbocycles. The third-order valence-electron chi connectivity index (χ3n) is 3.48. The number of carbonyl (C=O) groups excluding carboxylic acids is 1. The van der Waals surface area contributed by atoms with Crippen molar-refractivity contribution in [2.75, 3.05) is 5.32 Å². The van der Waals surface area contributed by atoms with Crippen molar-refractivity contribution in [2.24, 2.45) is 0 Å². The molecule has 0 unspecified atom stereocenters. The summed E-state index contributed by atoms with van der Waals surface area (Å²) in [5.41, 5.74) is 2.70. The predicted octanol–water partition coefficient (Wildman–Crippen LogP) is 5.01. The van der Waals surface area contributed by atoms with Gasteiger partial charge in [-0.25, -0.2) is 4.98 Å². The molecule has 1 heterocycles. The average molecular weight is 322 g/mol. The monoisotopic (exact) mass is 322 g/mol. The number of carbonyl (C=O) groups is 1. The van der Waals surface area contributed by atoms with Gasteiger partial charge in [0, 0.05) is 16.0 Å². The fourth-order valence-electron chi connectivity index (χ4n) is 2.38. The van der Waals surface area contributed by atoms with Gasteiger partial charge in [-0.15, -0.1) is 11.3 Å². The van der Waals surface area contributed by atoms with Crippen LogP contribution in [-0.4, -0.2) is 10.9 Å². The van der Waals surface area contributed by atoms with Crippen molar-refractivity contribution in [1.82, 2.24) is 4.98 Å². The maximum absolute atomic E-state index is 12.3. The summed E-state index contributed by atoms with van der Waals surface area (Å²) in [6.07, 6.45) is 2.01. The lowest BCUT2D eigenvalue weighted by Crippen LogP contribution is -2.11. The molecule has 2 aromatic carbocycles. The van der Waals surface area contributed by atoms with Crippen LogP contribution >= 0.6 is 11.3 Å². The molecule has 1 amide bonds. The van der Waals surface area contributed by atoms with Crippen molar-refractivity contribution in [2.45, 2.75) is 19.8 Å². The molecular formula is C19H18N2OS. The van der Waals surface area contributed by atoms with Gasteiger partial charge in [0.25, 0.3) is 5.91 Å². The lowest BCUT2D eigenvalue weighted by atomic mass is 10.1. The van der Waals surface area contributed by atoms with Gasteiger partial charge in [0.2, 0.25) is 0 Å². The molecule has 0 fully saturated rings. The molecule has 0 aliphatic rings. The van der Waals surface area contributed by atoms with Gasteiger partial charge < -0.3 is 0 Å². The molecule has 3 aromatic rings. The Bertz CT molecular complexity index is 782. The van der Waals surface area contributed by atoms with Crippen LogP contribution in [0, 0.1) is 0 Å². The number of rotatable bonds is 5. The molecule has 0 aliphatic heterocycles. The van der Waals surface area contributed by atoms with Crippen LogP contribution in [-0.2, 0) is 6.42 Å². The molecule has 116 valence electrons. The van der Waals surface area contributed by atoms with Crippen LogP contribution in [0.25, 0.3) is 11.3 Å². The number of amides is 1. The second-order valence-corrected chi connectivity index (χ2v) is 6.31. The number of hydrogen-bond donors (Lipinski definition) is 1. The highest BCUT2D eigenvalue weighted by molar-refractivity contribution is 7.16. The fourth-order valence-corrected chi connectivity index (χ4v) is 3.46. The van der Waals surface area contributed by atoms with Gasteiger partial charge in [0.15, 0.2) is 5.13 Å². The third kappa shape index (κ3) is 3.66. The first-order valence-electron chi connectivity index (χ1n) is 7.69. The van der Waals surface area contributed by atoms with E-state index in [0.717, 1.165) is 24.1 Å². The Morgan fingerprint density at radius 2 is 1.70 bits per heavy atom. The van der Waals surface area contributed by atoms with Gasteiger partial charge in [-0.1, -0.05) is 61.9 Å². The normalized spacial score (nSPS) is 10.5. The van der Waals surface area contributed by atoms with Crippen LogP contribution in [0.15, 0.2) is 60.7 Å². The lowest BCUT2D eigenvalue weighted by Gasteiger charge is -2.01. The topological polar surface area (TPSA) is 42.0 Å². The summed E-state index contributed by atoms with van der Waals surface area (Å²) in [5.74, 6) is -0.123. The summed E-state index contributed by atoms with van der Waals surface area (Å²) in [6, 6.07) is 19.3. The van der Waals surface area contributed by atoms with E-state index in [0.29, 0.717) is 10.7 Å². The van der Waals surface area contributed by atoms with Crippen LogP contribution in [0.4, 0.5) is 5.13 Å². The average Bonchev–Trinajstić information content (AvgIpc) is 2.99. The predicted molar refractivity (Wildman–Crippen MR) is 95.9 cm³/mol. The SMILES string of the molecule is CCCc1sc(NC(=O)c2ccccc2)nc1-c1ccccc1. The van der Waals surface area contributed by atoms with Gasteiger partial charge >= 0.3 is 0 Å². The van der Waals surface area contributed by atoms with Gasteiger partial charge in [-0.3, -0.25) is 10.1 Å².